The van der Waals surface area contributed by atoms with Gasteiger partial charge < -0.3 is 5.32 Å². The summed E-state index contributed by atoms with van der Waals surface area (Å²) in [5.41, 5.74) is 2.11. The molecular weight excluding hydrogens is 260 g/mol. The fourth-order valence-corrected chi connectivity index (χ4v) is 2.37. The van der Waals surface area contributed by atoms with Crippen LogP contribution in [0.15, 0.2) is 18.2 Å². The number of rotatable bonds is 4. The fourth-order valence-electron chi connectivity index (χ4n) is 2.37. The van der Waals surface area contributed by atoms with Gasteiger partial charge in [0, 0.05) is 12.6 Å². The molecular formula is C15H19F2N3. The van der Waals surface area contributed by atoms with Crippen LogP contribution in [0.25, 0.3) is 0 Å². The molecule has 108 valence electrons. The van der Waals surface area contributed by atoms with Crippen LogP contribution in [0.2, 0.25) is 0 Å². The molecule has 0 aliphatic carbocycles. The van der Waals surface area contributed by atoms with E-state index in [1.807, 2.05) is 13.0 Å². The average Bonchev–Trinajstić information content (AvgIpc) is 2.80. The van der Waals surface area contributed by atoms with Crippen molar-refractivity contribution in [2.75, 3.05) is 7.05 Å². The lowest BCUT2D eigenvalue weighted by Crippen LogP contribution is -2.23. The summed E-state index contributed by atoms with van der Waals surface area (Å²) in [6.45, 7) is 3.63. The summed E-state index contributed by atoms with van der Waals surface area (Å²) in [4.78, 5) is 0. The monoisotopic (exact) mass is 279 g/mol. The van der Waals surface area contributed by atoms with Gasteiger partial charge in [-0.05, 0) is 38.1 Å². The number of aromatic nitrogens is 2. The van der Waals surface area contributed by atoms with Gasteiger partial charge in [-0.2, -0.15) is 5.10 Å². The van der Waals surface area contributed by atoms with E-state index in [4.69, 9.17) is 0 Å². The maximum Gasteiger partial charge on any atom is 0.134 e. The lowest BCUT2D eigenvalue weighted by Gasteiger charge is -2.19. The molecule has 1 aromatic carbocycles. The highest BCUT2D eigenvalue weighted by atomic mass is 19.1. The number of benzene rings is 1. The first kappa shape index (κ1) is 14.7. The van der Waals surface area contributed by atoms with E-state index >= 15 is 0 Å². The van der Waals surface area contributed by atoms with Crippen LogP contribution in [0, 0.1) is 18.6 Å². The SMILES string of the molecule is CCc1cc(C(NC)c2c(F)ccc(C)c2F)n(C)n1. The van der Waals surface area contributed by atoms with Crippen LogP contribution in [0.3, 0.4) is 0 Å². The summed E-state index contributed by atoms with van der Waals surface area (Å²) >= 11 is 0. The van der Waals surface area contributed by atoms with Gasteiger partial charge in [-0.15, -0.1) is 0 Å². The Kier molecular flexibility index (Phi) is 4.18. The molecule has 1 aromatic heterocycles. The molecule has 0 fully saturated rings. The number of hydrogen-bond donors (Lipinski definition) is 1. The number of nitrogens with one attached hydrogen (secondary N) is 1. The van der Waals surface area contributed by atoms with Gasteiger partial charge in [0.2, 0.25) is 0 Å². The van der Waals surface area contributed by atoms with Crippen molar-refractivity contribution < 1.29 is 8.78 Å². The standard InChI is InChI=1S/C15H19F2N3/c1-5-10-8-12(20(4)19-10)15(18-3)13-11(16)7-6-9(2)14(13)17/h6-8,15,18H,5H2,1-4H3. The second-order valence-corrected chi connectivity index (χ2v) is 4.85. The zero-order valence-corrected chi connectivity index (χ0v) is 12.2. The van der Waals surface area contributed by atoms with E-state index < -0.39 is 17.7 Å². The third-order valence-electron chi connectivity index (χ3n) is 3.52. The Morgan fingerprint density at radius 2 is 2.05 bits per heavy atom. The first-order chi connectivity index (χ1) is 9.49. The van der Waals surface area contributed by atoms with Crippen LogP contribution in [0.1, 0.15) is 35.5 Å². The predicted molar refractivity (Wildman–Crippen MR) is 74.6 cm³/mol. The quantitative estimate of drug-likeness (QED) is 0.932. The zero-order valence-electron chi connectivity index (χ0n) is 12.2. The Morgan fingerprint density at radius 1 is 1.35 bits per heavy atom. The van der Waals surface area contributed by atoms with Crippen LogP contribution >= 0.6 is 0 Å². The molecule has 2 rings (SSSR count). The van der Waals surface area contributed by atoms with E-state index in [0.717, 1.165) is 17.8 Å². The first-order valence-electron chi connectivity index (χ1n) is 6.64. The van der Waals surface area contributed by atoms with Crippen molar-refractivity contribution in [2.24, 2.45) is 7.05 Å². The van der Waals surface area contributed by atoms with Crippen molar-refractivity contribution in [2.45, 2.75) is 26.3 Å². The van der Waals surface area contributed by atoms with Crippen molar-refractivity contribution in [1.82, 2.24) is 15.1 Å². The highest BCUT2D eigenvalue weighted by molar-refractivity contribution is 5.34. The largest absolute Gasteiger partial charge is 0.308 e. The number of nitrogens with zero attached hydrogens (tertiary/aromatic N) is 2. The molecule has 0 spiro atoms. The van der Waals surface area contributed by atoms with Crippen molar-refractivity contribution in [1.29, 1.82) is 0 Å². The Hall–Kier alpha value is -1.75. The molecule has 1 heterocycles. The summed E-state index contributed by atoms with van der Waals surface area (Å²) in [6, 6.07) is 4.06. The summed E-state index contributed by atoms with van der Waals surface area (Å²) in [5.74, 6) is -1.06. The van der Waals surface area contributed by atoms with E-state index in [0.29, 0.717) is 5.56 Å². The first-order valence-corrected chi connectivity index (χ1v) is 6.64. The molecule has 0 saturated carbocycles. The van der Waals surface area contributed by atoms with E-state index in [1.54, 1.807) is 25.7 Å². The highest BCUT2D eigenvalue weighted by Crippen LogP contribution is 2.28. The minimum atomic E-state index is -0.562. The van der Waals surface area contributed by atoms with Gasteiger partial charge in [0.1, 0.15) is 11.6 Å². The van der Waals surface area contributed by atoms with Gasteiger partial charge in [-0.25, -0.2) is 8.78 Å². The predicted octanol–water partition coefficient (Wildman–Crippen LogP) is 2.88. The van der Waals surface area contributed by atoms with Gasteiger partial charge >= 0.3 is 0 Å². The summed E-state index contributed by atoms with van der Waals surface area (Å²) in [7, 11) is 3.47. The molecule has 1 unspecified atom stereocenters. The van der Waals surface area contributed by atoms with Gasteiger partial charge in [-0.1, -0.05) is 13.0 Å². The van der Waals surface area contributed by atoms with Gasteiger partial charge in [0.25, 0.3) is 0 Å². The van der Waals surface area contributed by atoms with Crippen molar-refractivity contribution >= 4 is 0 Å². The van der Waals surface area contributed by atoms with Crippen molar-refractivity contribution in [3.05, 3.63) is 52.3 Å². The third kappa shape index (κ3) is 2.45. The van der Waals surface area contributed by atoms with Gasteiger partial charge in [-0.3, -0.25) is 4.68 Å². The van der Waals surface area contributed by atoms with E-state index in [-0.39, 0.29) is 5.56 Å². The molecule has 2 aromatic rings. The molecule has 3 nitrogen and oxygen atoms in total. The van der Waals surface area contributed by atoms with E-state index in [2.05, 4.69) is 10.4 Å². The Labute approximate surface area is 117 Å². The summed E-state index contributed by atoms with van der Waals surface area (Å²) < 4.78 is 30.0. The van der Waals surface area contributed by atoms with E-state index in [9.17, 15) is 8.78 Å². The Balaban J connectivity index is 2.58. The summed E-state index contributed by atoms with van der Waals surface area (Å²) in [5, 5.41) is 7.32. The highest BCUT2D eigenvalue weighted by Gasteiger charge is 2.24. The normalized spacial score (nSPS) is 12.7. The van der Waals surface area contributed by atoms with Gasteiger partial charge in [0.05, 0.1) is 17.4 Å². The molecule has 1 atom stereocenters. The molecule has 0 saturated heterocycles. The molecule has 0 radical (unpaired) electrons. The van der Waals surface area contributed by atoms with Crippen LogP contribution in [-0.2, 0) is 13.5 Å². The van der Waals surface area contributed by atoms with Crippen LogP contribution in [-0.4, -0.2) is 16.8 Å². The lowest BCUT2D eigenvalue weighted by molar-refractivity contribution is 0.502. The van der Waals surface area contributed by atoms with Crippen LogP contribution < -0.4 is 5.32 Å². The maximum absolute atomic E-state index is 14.3. The second-order valence-electron chi connectivity index (χ2n) is 4.85. The smallest absolute Gasteiger partial charge is 0.134 e. The molecule has 5 heteroatoms. The molecule has 20 heavy (non-hydrogen) atoms. The topological polar surface area (TPSA) is 29.9 Å². The molecule has 1 N–H and O–H groups in total. The van der Waals surface area contributed by atoms with E-state index in [1.165, 1.54) is 12.1 Å². The van der Waals surface area contributed by atoms with Crippen LogP contribution in [0.5, 0.6) is 0 Å². The van der Waals surface area contributed by atoms with Crippen LogP contribution in [0.4, 0.5) is 8.78 Å². The zero-order chi connectivity index (χ0) is 14.9. The molecule has 0 bridgehead atoms. The third-order valence-corrected chi connectivity index (χ3v) is 3.52. The second kappa shape index (κ2) is 5.71. The molecule has 0 amide bonds. The maximum atomic E-state index is 14.3. The summed E-state index contributed by atoms with van der Waals surface area (Å²) in [6.07, 6.45) is 0.781. The number of hydrogen-bond acceptors (Lipinski definition) is 2. The minimum absolute atomic E-state index is 0.0400. The Morgan fingerprint density at radius 3 is 2.60 bits per heavy atom. The van der Waals surface area contributed by atoms with Crippen molar-refractivity contribution in [3.63, 3.8) is 0 Å². The van der Waals surface area contributed by atoms with Crippen molar-refractivity contribution in [3.8, 4) is 0 Å². The molecule has 0 aliphatic heterocycles. The number of halogens is 2. The number of aryl methyl sites for hydroxylation is 3. The lowest BCUT2D eigenvalue weighted by atomic mass is 9.99. The Bertz CT molecular complexity index is 620. The minimum Gasteiger partial charge on any atom is -0.308 e. The molecule has 0 aliphatic rings. The van der Waals surface area contributed by atoms with Gasteiger partial charge in [0.15, 0.2) is 0 Å². The fraction of sp³-hybridized carbons (Fsp3) is 0.400. The average molecular weight is 279 g/mol.